The molecule has 0 saturated heterocycles. The van der Waals surface area contributed by atoms with Gasteiger partial charge in [0, 0.05) is 0 Å². The number of amides is 1. The Balaban J connectivity index is 1.44. The van der Waals surface area contributed by atoms with E-state index in [4.69, 9.17) is 4.74 Å². The van der Waals surface area contributed by atoms with Crippen LogP contribution in [0.1, 0.15) is 18.5 Å². The molecule has 0 spiro atoms. The van der Waals surface area contributed by atoms with Gasteiger partial charge in [0.2, 0.25) is 11.1 Å². The third-order valence-corrected chi connectivity index (χ3v) is 5.67. The fourth-order valence-corrected chi connectivity index (χ4v) is 4.04. The highest BCUT2D eigenvalue weighted by molar-refractivity contribution is 7.99. The first-order chi connectivity index (χ1) is 14.7. The quantitative estimate of drug-likeness (QED) is 0.459. The molecule has 1 heterocycles. The van der Waals surface area contributed by atoms with Crippen molar-refractivity contribution < 1.29 is 9.53 Å². The zero-order valence-electron chi connectivity index (χ0n) is 16.6. The van der Waals surface area contributed by atoms with Crippen molar-refractivity contribution in [3.63, 3.8) is 0 Å². The van der Waals surface area contributed by atoms with E-state index in [1.165, 1.54) is 11.8 Å². The number of hydrogen-bond donors (Lipinski definition) is 1. The Bertz CT molecular complexity index is 1170. The summed E-state index contributed by atoms with van der Waals surface area (Å²) in [5.74, 6) is 0.764. The molecule has 0 aliphatic rings. The van der Waals surface area contributed by atoms with Crippen LogP contribution < -0.4 is 10.1 Å². The van der Waals surface area contributed by atoms with Crippen molar-refractivity contribution >= 4 is 28.4 Å². The topological polar surface area (TPSA) is 81.9 Å². The number of benzene rings is 3. The number of ether oxygens (including phenoxy) is 1. The number of aromatic nitrogens is 4. The molecular formula is C22H21N5O2S. The summed E-state index contributed by atoms with van der Waals surface area (Å²) in [5.41, 5.74) is 1.81. The molecule has 152 valence electrons. The molecule has 1 N–H and O–H groups in total. The molecule has 0 fully saturated rings. The van der Waals surface area contributed by atoms with Crippen LogP contribution in [-0.4, -0.2) is 39.0 Å². The fourth-order valence-electron chi connectivity index (χ4n) is 3.34. The number of carbonyl (C=O) groups excluding carboxylic acids is 1. The monoisotopic (exact) mass is 419 g/mol. The number of rotatable bonds is 7. The molecule has 7 nitrogen and oxygen atoms in total. The van der Waals surface area contributed by atoms with Gasteiger partial charge < -0.3 is 10.1 Å². The minimum atomic E-state index is -0.116. The number of thioether (sulfide) groups is 1. The maximum atomic E-state index is 12.6. The molecule has 0 saturated carbocycles. The highest BCUT2D eigenvalue weighted by Crippen LogP contribution is 2.26. The maximum absolute atomic E-state index is 12.6. The third-order valence-electron chi connectivity index (χ3n) is 4.75. The van der Waals surface area contributed by atoms with Gasteiger partial charge in [-0.1, -0.05) is 66.4 Å². The van der Waals surface area contributed by atoms with Gasteiger partial charge >= 0.3 is 0 Å². The van der Waals surface area contributed by atoms with Crippen molar-refractivity contribution in [3.8, 4) is 11.4 Å². The number of hydrogen-bond acceptors (Lipinski definition) is 6. The molecule has 8 heteroatoms. The van der Waals surface area contributed by atoms with Gasteiger partial charge in [-0.25, -0.2) is 0 Å². The predicted molar refractivity (Wildman–Crippen MR) is 117 cm³/mol. The standard InChI is InChI=1S/C22H21N5O2S/c1-15(17-11-7-9-16-8-3-4-10-18(16)17)23-21(28)14-30-22-24-25-26-27(22)19-12-5-6-13-20(19)29-2/h3-13,15H,14H2,1-2H3,(H,23,28)/t15-/m0/s1. The minimum Gasteiger partial charge on any atom is -0.494 e. The van der Waals surface area contributed by atoms with Gasteiger partial charge in [-0.3, -0.25) is 4.79 Å². The average molecular weight is 420 g/mol. The number of methoxy groups -OCH3 is 1. The van der Waals surface area contributed by atoms with Crippen molar-refractivity contribution in [3.05, 3.63) is 72.3 Å². The summed E-state index contributed by atoms with van der Waals surface area (Å²) in [5, 5.41) is 17.7. The molecule has 1 atom stereocenters. The van der Waals surface area contributed by atoms with E-state index < -0.39 is 0 Å². The Morgan fingerprint density at radius 3 is 2.73 bits per heavy atom. The number of fused-ring (bicyclic) bond motifs is 1. The summed E-state index contributed by atoms with van der Waals surface area (Å²) in [6.45, 7) is 1.99. The largest absolute Gasteiger partial charge is 0.494 e. The summed E-state index contributed by atoms with van der Waals surface area (Å²) in [7, 11) is 1.60. The van der Waals surface area contributed by atoms with Gasteiger partial charge in [0.15, 0.2) is 0 Å². The summed E-state index contributed by atoms with van der Waals surface area (Å²) in [6, 6.07) is 21.6. The van der Waals surface area contributed by atoms with Gasteiger partial charge in [0.05, 0.1) is 18.9 Å². The fraction of sp³-hybridized carbons (Fsp3) is 0.182. The van der Waals surface area contributed by atoms with Gasteiger partial charge in [-0.05, 0) is 45.8 Å². The molecule has 0 bridgehead atoms. The normalized spacial score (nSPS) is 11.9. The van der Waals surface area contributed by atoms with Crippen molar-refractivity contribution in [2.45, 2.75) is 18.1 Å². The molecule has 0 radical (unpaired) electrons. The second-order valence-corrected chi connectivity index (χ2v) is 7.63. The van der Waals surface area contributed by atoms with Crippen LogP contribution >= 0.6 is 11.8 Å². The number of nitrogens with one attached hydrogen (secondary N) is 1. The average Bonchev–Trinajstić information content (AvgIpc) is 3.25. The molecule has 0 aliphatic carbocycles. The third kappa shape index (κ3) is 4.13. The highest BCUT2D eigenvalue weighted by atomic mass is 32.2. The smallest absolute Gasteiger partial charge is 0.230 e. The van der Waals surface area contributed by atoms with Crippen molar-refractivity contribution in [2.75, 3.05) is 12.9 Å². The van der Waals surface area contributed by atoms with E-state index >= 15 is 0 Å². The zero-order valence-corrected chi connectivity index (χ0v) is 17.5. The van der Waals surface area contributed by atoms with Crippen LogP contribution in [0.2, 0.25) is 0 Å². The van der Waals surface area contributed by atoms with Crippen LogP contribution in [0.25, 0.3) is 16.5 Å². The molecular weight excluding hydrogens is 398 g/mol. The highest BCUT2D eigenvalue weighted by Gasteiger charge is 2.16. The Hall–Kier alpha value is -3.39. The minimum absolute atomic E-state index is 0.0880. The Morgan fingerprint density at radius 1 is 1.10 bits per heavy atom. The van der Waals surface area contributed by atoms with E-state index in [9.17, 15) is 4.79 Å². The lowest BCUT2D eigenvalue weighted by Gasteiger charge is -2.16. The lowest BCUT2D eigenvalue weighted by molar-refractivity contribution is -0.119. The van der Waals surface area contributed by atoms with Crippen molar-refractivity contribution in [1.82, 2.24) is 25.5 Å². The second-order valence-electron chi connectivity index (χ2n) is 6.69. The second kappa shape index (κ2) is 8.96. The molecule has 3 aromatic carbocycles. The van der Waals surface area contributed by atoms with Crippen LogP contribution in [0.15, 0.2) is 71.9 Å². The number of nitrogens with zero attached hydrogens (tertiary/aromatic N) is 4. The Kier molecular flexibility index (Phi) is 5.94. The van der Waals surface area contributed by atoms with E-state index in [0.29, 0.717) is 10.9 Å². The van der Waals surface area contributed by atoms with Crippen molar-refractivity contribution in [2.24, 2.45) is 0 Å². The van der Waals surface area contributed by atoms with E-state index in [0.717, 1.165) is 22.0 Å². The van der Waals surface area contributed by atoms with Gasteiger partial charge in [0.25, 0.3) is 0 Å². The van der Waals surface area contributed by atoms with Gasteiger partial charge in [0.1, 0.15) is 11.4 Å². The molecule has 0 unspecified atom stereocenters. The summed E-state index contributed by atoms with van der Waals surface area (Å²) < 4.78 is 6.96. The first kappa shape index (κ1) is 19.9. The number of tetrazole rings is 1. The summed E-state index contributed by atoms with van der Waals surface area (Å²) in [4.78, 5) is 12.6. The van der Waals surface area contributed by atoms with E-state index in [1.807, 2.05) is 55.5 Å². The van der Waals surface area contributed by atoms with Crippen LogP contribution in [0.3, 0.4) is 0 Å². The maximum Gasteiger partial charge on any atom is 0.230 e. The van der Waals surface area contributed by atoms with Crippen LogP contribution in [0.5, 0.6) is 5.75 Å². The lowest BCUT2D eigenvalue weighted by Crippen LogP contribution is -2.28. The van der Waals surface area contributed by atoms with E-state index in [2.05, 4.69) is 39.0 Å². The van der Waals surface area contributed by atoms with E-state index in [1.54, 1.807) is 11.8 Å². The molecule has 0 aliphatic heterocycles. The van der Waals surface area contributed by atoms with Gasteiger partial charge in [-0.15, -0.1) is 5.10 Å². The molecule has 4 rings (SSSR count). The summed E-state index contributed by atoms with van der Waals surface area (Å²) in [6.07, 6.45) is 0. The van der Waals surface area contributed by atoms with Crippen molar-refractivity contribution in [1.29, 1.82) is 0 Å². The molecule has 30 heavy (non-hydrogen) atoms. The molecule has 4 aromatic rings. The predicted octanol–water partition coefficient (Wildman–Crippen LogP) is 3.79. The van der Waals surface area contributed by atoms with Gasteiger partial charge in [-0.2, -0.15) is 4.68 Å². The first-order valence-electron chi connectivity index (χ1n) is 9.49. The van der Waals surface area contributed by atoms with Crippen LogP contribution in [-0.2, 0) is 4.79 Å². The van der Waals surface area contributed by atoms with Crippen LogP contribution in [0, 0.1) is 0 Å². The van der Waals surface area contributed by atoms with E-state index in [-0.39, 0.29) is 17.7 Å². The molecule has 1 amide bonds. The number of para-hydroxylation sites is 2. The lowest BCUT2D eigenvalue weighted by atomic mass is 10.00. The SMILES string of the molecule is COc1ccccc1-n1nnnc1SCC(=O)N[C@@H](C)c1cccc2ccccc12. The Labute approximate surface area is 178 Å². The number of carbonyl (C=O) groups is 1. The Morgan fingerprint density at radius 2 is 1.87 bits per heavy atom. The molecule has 1 aromatic heterocycles. The summed E-state index contributed by atoms with van der Waals surface area (Å²) >= 11 is 1.28. The first-order valence-corrected chi connectivity index (χ1v) is 10.5. The van der Waals surface area contributed by atoms with Crippen LogP contribution in [0.4, 0.5) is 0 Å². The zero-order chi connectivity index (χ0) is 20.9.